The highest BCUT2D eigenvalue weighted by atomic mass is 32.2. The van der Waals surface area contributed by atoms with E-state index in [9.17, 15) is 17.2 Å². The van der Waals surface area contributed by atoms with E-state index in [0.717, 1.165) is 22.0 Å². The van der Waals surface area contributed by atoms with Gasteiger partial charge in [-0.1, -0.05) is 18.2 Å². The molecule has 0 aliphatic heterocycles. The van der Waals surface area contributed by atoms with E-state index in [1.807, 2.05) is 25.1 Å². The van der Waals surface area contributed by atoms with Crippen LogP contribution in [0, 0.1) is 18.6 Å². The highest BCUT2D eigenvalue weighted by molar-refractivity contribution is 7.89. The molecule has 0 radical (unpaired) electrons. The minimum absolute atomic E-state index is 0.00657. The molecule has 0 spiro atoms. The second-order valence-corrected chi connectivity index (χ2v) is 7.03. The quantitative estimate of drug-likeness (QED) is 0.811. The van der Waals surface area contributed by atoms with E-state index in [1.54, 1.807) is 6.07 Å². The number of ether oxygens (including phenoxy) is 1. The molecule has 0 saturated heterocycles. The molecule has 2 rings (SSSR count). The number of nitrogens with zero attached hydrogens (tertiary/aromatic N) is 1. The van der Waals surface area contributed by atoms with Crippen molar-refractivity contribution in [2.24, 2.45) is 0 Å². The fourth-order valence-corrected chi connectivity index (χ4v) is 3.19. The lowest BCUT2D eigenvalue weighted by Gasteiger charge is -2.18. The standard InChI is InChI=1S/C16H17F2NO3S/c1-12-5-3-4-6-15(12)22-10-9-19(2)23(20,21)16-11-13(17)7-8-14(16)18/h3-8,11H,9-10H2,1-2H3. The van der Waals surface area contributed by atoms with Gasteiger partial charge in [-0.3, -0.25) is 0 Å². The number of para-hydroxylation sites is 1. The first kappa shape index (κ1) is 17.4. The van der Waals surface area contributed by atoms with Crippen molar-refractivity contribution >= 4 is 10.0 Å². The number of sulfonamides is 1. The molecule has 0 saturated carbocycles. The Labute approximate surface area is 134 Å². The summed E-state index contributed by atoms with van der Waals surface area (Å²) in [5, 5.41) is 0. The van der Waals surface area contributed by atoms with Crippen LogP contribution in [0.2, 0.25) is 0 Å². The minimum Gasteiger partial charge on any atom is -0.492 e. The zero-order chi connectivity index (χ0) is 17.0. The number of hydrogen-bond acceptors (Lipinski definition) is 3. The SMILES string of the molecule is Cc1ccccc1OCCN(C)S(=O)(=O)c1cc(F)ccc1F. The average molecular weight is 341 g/mol. The maximum absolute atomic E-state index is 13.7. The summed E-state index contributed by atoms with van der Waals surface area (Å²) < 4.78 is 57.9. The molecular formula is C16H17F2NO3S. The van der Waals surface area contributed by atoms with Crippen molar-refractivity contribution in [1.82, 2.24) is 4.31 Å². The van der Waals surface area contributed by atoms with Crippen molar-refractivity contribution in [2.75, 3.05) is 20.2 Å². The second kappa shape index (κ2) is 7.06. The molecular weight excluding hydrogens is 324 g/mol. The highest BCUT2D eigenvalue weighted by Gasteiger charge is 2.25. The van der Waals surface area contributed by atoms with Gasteiger partial charge in [-0.05, 0) is 36.8 Å². The van der Waals surface area contributed by atoms with E-state index in [1.165, 1.54) is 7.05 Å². The maximum atomic E-state index is 13.7. The van der Waals surface area contributed by atoms with Gasteiger partial charge in [0, 0.05) is 13.6 Å². The summed E-state index contributed by atoms with van der Waals surface area (Å²) in [5.74, 6) is -1.15. The van der Waals surface area contributed by atoms with E-state index >= 15 is 0 Å². The van der Waals surface area contributed by atoms with Crippen LogP contribution < -0.4 is 4.74 Å². The molecule has 0 atom stereocenters. The Kier molecular flexibility index (Phi) is 5.33. The van der Waals surface area contributed by atoms with Gasteiger partial charge >= 0.3 is 0 Å². The Bertz CT molecular complexity index is 794. The van der Waals surface area contributed by atoms with Crippen LogP contribution in [0.3, 0.4) is 0 Å². The summed E-state index contributed by atoms with van der Waals surface area (Å²) in [6.45, 7) is 1.97. The van der Waals surface area contributed by atoms with Gasteiger partial charge in [0.05, 0.1) is 0 Å². The molecule has 0 amide bonds. The maximum Gasteiger partial charge on any atom is 0.245 e. The Morgan fingerprint density at radius 3 is 2.52 bits per heavy atom. The topological polar surface area (TPSA) is 46.6 Å². The van der Waals surface area contributed by atoms with Crippen molar-refractivity contribution in [3.63, 3.8) is 0 Å². The Hall–Kier alpha value is -1.99. The van der Waals surface area contributed by atoms with Crippen LogP contribution in [0.15, 0.2) is 47.4 Å². The number of likely N-dealkylation sites (N-methyl/N-ethyl adjacent to an activating group) is 1. The van der Waals surface area contributed by atoms with Crippen LogP contribution in [-0.2, 0) is 10.0 Å². The highest BCUT2D eigenvalue weighted by Crippen LogP contribution is 2.20. The van der Waals surface area contributed by atoms with Gasteiger partial charge < -0.3 is 4.74 Å². The summed E-state index contributed by atoms with van der Waals surface area (Å²) in [6.07, 6.45) is 0. The lowest BCUT2D eigenvalue weighted by atomic mass is 10.2. The van der Waals surface area contributed by atoms with Crippen molar-refractivity contribution in [3.8, 4) is 5.75 Å². The van der Waals surface area contributed by atoms with E-state index in [0.29, 0.717) is 11.8 Å². The molecule has 0 aromatic heterocycles. The first-order chi connectivity index (χ1) is 10.8. The molecule has 0 fully saturated rings. The van der Waals surface area contributed by atoms with Crippen molar-refractivity contribution < 1.29 is 21.9 Å². The first-order valence-electron chi connectivity index (χ1n) is 6.92. The molecule has 124 valence electrons. The van der Waals surface area contributed by atoms with E-state index in [4.69, 9.17) is 4.74 Å². The molecule has 0 bridgehead atoms. The number of aryl methyl sites for hydroxylation is 1. The van der Waals surface area contributed by atoms with Crippen LogP contribution in [0.1, 0.15) is 5.56 Å². The fourth-order valence-electron chi connectivity index (χ4n) is 1.97. The van der Waals surface area contributed by atoms with Gasteiger partial charge in [-0.25, -0.2) is 17.2 Å². The molecule has 7 heteroatoms. The van der Waals surface area contributed by atoms with Crippen molar-refractivity contribution in [2.45, 2.75) is 11.8 Å². The van der Waals surface area contributed by atoms with Gasteiger partial charge in [0.15, 0.2) is 0 Å². The minimum atomic E-state index is -4.12. The van der Waals surface area contributed by atoms with E-state index < -0.39 is 26.6 Å². The normalized spacial score (nSPS) is 11.7. The van der Waals surface area contributed by atoms with Crippen LogP contribution in [0.4, 0.5) is 8.78 Å². The smallest absolute Gasteiger partial charge is 0.245 e. The van der Waals surface area contributed by atoms with Crippen LogP contribution in [0.5, 0.6) is 5.75 Å². The lowest BCUT2D eigenvalue weighted by molar-refractivity contribution is 0.285. The molecule has 0 aliphatic rings. The van der Waals surface area contributed by atoms with Crippen molar-refractivity contribution in [1.29, 1.82) is 0 Å². The van der Waals surface area contributed by atoms with Crippen LogP contribution in [-0.4, -0.2) is 32.9 Å². The van der Waals surface area contributed by atoms with Gasteiger partial charge in [-0.2, -0.15) is 4.31 Å². The molecule has 2 aromatic rings. The second-order valence-electron chi connectivity index (χ2n) is 5.02. The molecule has 0 aliphatic carbocycles. The zero-order valence-corrected chi connectivity index (χ0v) is 13.6. The van der Waals surface area contributed by atoms with E-state index in [-0.39, 0.29) is 13.2 Å². The fraction of sp³-hybridized carbons (Fsp3) is 0.250. The predicted octanol–water partition coefficient (Wildman–Crippen LogP) is 2.97. The lowest BCUT2D eigenvalue weighted by Crippen LogP contribution is -2.31. The Morgan fingerprint density at radius 1 is 1.13 bits per heavy atom. The van der Waals surface area contributed by atoms with Gasteiger partial charge in [0.25, 0.3) is 0 Å². The zero-order valence-electron chi connectivity index (χ0n) is 12.8. The summed E-state index contributed by atoms with van der Waals surface area (Å²) in [7, 11) is -2.83. The summed E-state index contributed by atoms with van der Waals surface area (Å²) in [5.41, 5.74) is 0.925. The van der Waals surface area contributed by atoms with Gasteiger partial charge in [-0.15, -0.1) is 0 Å². The number of hydrogen-bond donors (Lipinski definition) is 0. The monoisotopic (exact) mass is 341 g/mol. The molecule has 0 heterocycles. The third-order valence-corrected chi connectivity index (χ3v) is 5.21. The third kappa shape index (κ3) is 4.05. The Morgan fingerprint density at radius 2 is 1.83 bits per heavy atom. The number of benzene rings is 2. The summed E-state index contributed by atoms with van der Waals surface area (Å²) in [6, 6.07) is 9.66. The average Bonchev–Trinajstić information content (AvgIpc) is 2.51. The summed E-state index contributed by atoms with van der Waals surface area (Å²) >= 11 is 0. The molecule has 2 aromatic carbocycles. The summed E-state index contributed by atoms with van der Waals surface area (Å²) in [4.78, 5) is -0.684. The molecule has 0 unspecified atom stereocenters. The largest absolute Gasteiger partial charge is 0.492 e. The molecule has 0 N–H and O–H groups in total. The van der Waals surface area contributed by atoms with Gasteiger partial charge in [0.2, 0.25) is 10.0 Å². The Balaban J connectivity index is 2.06. The third-order valence-electron chi connectivity index (χ3n) is 3.34. The predicted molar refractivity (Wildman–Crippen MR) is 82.8 cm³/mol. The molecule has 4 nitrogen and oxygen atoms in total. The number of rotatable bonds is 6. The number of halogens is 2. The van der Waals surface area contributed by atoms with Gasteiger partial charge in [0.1, 0.15) is 28.9 Å². The van der Waals surface area contributed by atoms with Crippen molar-refractivity contribution in [3.05, 3.63) is 59.7 Å². The first-order valence-corrected chi connectivity index (χ1v) is 8.36. The van der Waals surface area contributed by atoms with Crippen LogP contribution in [0.25, 0.3) is 0 Å². The van der Waals surface area contributed by atoms with Crippen LogP contribution >= 0.6 is 0 Å². The van der Waals surface area contributed by atoms with E-state index in [2.05, 4.69) is 0 Å². The molecule has 23 heavy (non-hydrogen) atoms.